The van der Waals surface area contributed by atoms with Gasteiger partial charge < -0.3 is 5.11 Å². The third-order valence-electron chi connectivity index (χ3n) is 3.25. The number of carboxylic acids is 1. The number of ketones is 1. The number of aliphatic carboxylic acids is 1. The van der Waals surface area contributed by atoms with Crippen LogP contribution in [0.25, 0.3) is 0 Å². The molecule has 1 saturated carbocycles. The maximum absolute atomic E-state index is 12.0. The summed E-state index contributed by atoms with van der Waals surface area (Å²) in [6.07, 6.45) is 0.376. The number of carbonyl (C=O) groups excluding carboxylic acids is 1. The maximum atomic E-state index is 12.0. The smallest absolute Gasteiger partial charge is 0.310 e. The van der Waals surface area contributed by atoms with E-state index >= 15 is 0 Å². The molecule has 90 valence electrons. The molecule has 1 fully saturated rings. The summed E-state index contributed by atoms with van der Waals surface area (Å²) in [5.74, 6) is -1.58. The SMILES string of the molecule is CC1(C(=O)O)CC1C(=O)c1ccc(Cl)c(Cl)c1. The van der Waals surface area contributed by atoms with Gasteiger partial charge in [-0.3, -0.25) is 9.59 Å². The van der Waals surface area contributed by atoms with Gasteiger partial charge in [-0.25, -0.2) is 0 Å². The minimum absolute atomic E-state index is 0.187. The third-order valence-corrected chi connectivity index (χ3v) is 3.99. The zero-order chi connectivity index (χ0) is 12.8. The summed E-state index contributed by atoms with van der Waals surface area (Å²) in [7, 11) is 0. The number of Topliss-reactive ketones (excluding diaryl/α,β-unsaturated/α-hetero) is 1. The fourth-order valence-corrected chi connectivity index (χ4v) is 2.13. The molecule has 5 heteroatoms. The predicted molar refractivity (Wildman–Crippen MR) is 64.6 cm³/mol. The van der Waals surface area contributed by atoms with Crippen LogP contribution in [0.3, 0.4) is 0 Å². The Morgan fingerprint density at radius 1 is 1.35 bits per heavy atom. The van der Waals surface area contributed by atoms with Gasteiger partial charge in [0.25, 0.3) is 0 Å². The van der Waals surface area contributed by atoms with E-state index < -0.39 is 17.3 Å². The topological polar surface area (TPSA) is 54.4 Å². The minimum Gasteiger partial charge on any atom is -0.481 e. The number of carbonyl (C=O) groups is 2. The number of halogens is 2. The monoisotopic (exact) mass is 272 g/mol. The molecule has 0 aliphatic heterocycles. The second-order valence-electron chi connectivity index (χ2n) is 4.47. The Labute approximate surface area is 108 Å². The molecule has 17 heavy (non-hydrogen) atoms. The Kier molecular flexibility index (Phi) is 2.92. The van der Waals surface area contributed by atoms with Gasteiger partial charge in [0.15, 0.2) is 5.78 Å². The third kappa shape index (κ3) is 2.05. The average Bonchev–Trinajstić information content (AvgIpc) is 2.95. The molecule has 1 aliphatic rings. The highest BCUT2D eigenvalue weighted by atomic mass is 35.5. The Bertz CT molecular complexity index is 512. The Hall–Kier alpha value is -1.06. The highest BCUT2D eigenvalue weighted by Gasteiger charge is 2.60. The highest BCUT2D eigenvalue weighted by molar-refractivity contribution is 6.42. The first kappa shape index (κ1) is 12.4. The van der Waals surface area contributed by atoms with Crippen LogP contribution in [-0.2, 0) is 4.79 Å². The Morgan fingerprint density at radius 3 is 2.47 bits per heavy atom. The molecule has 2 rings (SSSR count). The summed E-state index contributed by atoms with van der Waals surface area (Å²) in [5.41, 5.74) is -0.516. The fourth-order valence-electron chi connectivity index (χ4n) is 1.83. The van der Waals surface area contributed by atoms with Crippen molar-refractivity contribution in [1.29, 1.82) is 0 Å². The molecule has 0 bridgehead atoms. The average molecular weight is 273 g/mol. The summed E-state index contributed by atoms with van der Waals surface area (Å²) >= 11 is 11.6. The van der Waals surface area contributed by atoms with E-state index in [2.05, 4.69) is 0 Å². The van der Waals surface area contributed by atoms with Gasteiger partial charge in [-0.15, -0.1) is 0 Å². The second kappa shape index (κ2) is 4.00. The van der Waals surface area contributed by atoms with Gasteiger partial charge in [-0.05, 0) is 31.5 Å². The second-order valence-corrected chi connectivity index (χ2v) is 5.29. The van der Waals surface area contributed by atoms with Gasteiger partial charge in [0.05, 0.1) is 15.5 Å². The first-order valence-corrected chi connectivity index (χ1v) is 5.84. The maximum Gasteiger partial charge on any atom is 0.310 e. The quantitative estimate of drug-likeness (QED) is 0.860. The molecular weight excluding hydrogens is 263 g/mol. The van der Waals surface area contributed by atoms with E-state index in [0.717, 1.165) is 0 Å². The summed E-state index contributed by atoms with van der Waals surface area (Å²) < 4.78 is 0. The van der Waals surface area contributed by atoms with E-state index in [1.54, 1.807) is 13.0 Å². The van der Waals surface area contributed by atoms with Gasteiger partial charge >= 0.3 is 5.97 Å². The first-order chi connectivity index (χ1) is 7.86. The zero-order valence-corrected chi connectivity index (χ0v) is 10.5. The van der Waals surface area contributed by atoms with Crippen molar-refractivity contribution >= 4 is 35.0 Å². The van der Waals surface area contributed by atoms with Gasteiger partial charge in [-0.2, -0.15) is 0 Å². The predicted octanol–water partition coefficient (Wildman–Crippen LogP) is 3.29. The lowest BCUT2D eigenvalue weighted by atomic mass is 10.00. The van der Waals surface area contributed by atoms with Crippen molar-refractivity contribution in [3.05, 3.63) is 33.8 Å². The van der Waals surface area contributed by atoms with Crippen LogP contribution in [0.1, 0.15) is 23.7 Å². The molecule has 0 heterocycles. The molecule has 1 N–H and O–H groups in total. The van der Waals surface area contributed by atoms with Crippen molar-refractivity contribution in [2.45, 2.75) is 13.3 Å². The summed E-state index contributed by atoms with van der Waals surface area (Å²) in [4.78, 5) is 23.0. The normalized spacial score (nSPS) is 26.6. The number of hydrogen-bond acceptors (Lipinski definition) is 2. The number of benzene rings is 1. The molecule has 3 nitrogen and oxygen atoms in total. The van der Waals surface area contributed by atoms with Gasteiger partial charge in [0.1, 0.15) is 0 Å². The first-order valence-electron chi connectivity index (χ1n) is 5.09. The molecule has 0 amide bonds. The van der Waals surface area contributed by atoms with E-state index in [9.17, 15) is 9.59 Å². The molecule has 1 aromatic carbocycles. The van der Waals surface area contributed by atoms with Crippen LogP contribution >= 0.6 is 23.2 Å². The molecule has 2 unspecified atom stereocenters. The van der Waals surface area contributed by atoms with Crippen LogP contribution in [0, 0.1) is 11.3 Å². The van der Waals surface area contributed by atoms with Crippen molar-refractivity contribution in [3.8, 4) is 0 Å². The molecule has 2 atom stereocenters. The molecule has 0 spiro atoms. The van der Waals surface area contributed by atoms with Crippen LogP contribution in [0.5, 0.6) is 0 Å². The van der Waals surface area contributed by atoms with Gasteiger partial charge in [0, 0.05) is 11.5 Å². The van der Waals surface area contributed by atoms with E-state index in [1.165, 1.54) is 12.1 Å². The molecular formula is C12H10Cl2O3. The standard InChI is InChI=1S/C12H10Cl2O3/c1-12(11(16)17)5-7(12)10(15)6-2-3-8(13)9(14)4-6/h2-4,7H,5H2,1H3,(H,16,17). The van der Waals surface area contributed by atoms with E-state index in [4.69, 9.17) is 28.3 Å². The van der Waals surface area contributed by atoms with Gasteiger partial charge in [-0.1, -0.05) is 23.2 Å². The Balaban J connectivity index is 2.23. The van der Waals surface area contributed by atoms with Crippen molar-refractivity contribution < 1.29 is 14.7 Å². The number of hydrogen-bond donors (Lipinski definition) is 1. The lowest BCUT2D eigenvalue weighted by Crippen LogP contribution is -2.17. The van der Waals surface area contributed by atoms with Crippen LogP contribution in [0.2, 0.25) is 10.0 Å². The van der Waals surface area contributed by atoms with E-state index in [0.29, 0.717) is 22.0 Å². The van der Waals surface area contributed by atoms with Crippen LogP contribution in [-0.4, -0.2) is 16.9 Å². The zero-order valence-electron chi connectivity index (χ0n) is 9.04. The lowest BCUT2D eigenvalue weighted by molar-refractivity contribution is -0.143. The molecule has 1 aromatic rings. The van der Waals surface area contributed by atoms with Gasteiger partial charge in [0.2, 0.25) is 0 Å². The van der Waals surface area contributed by atoms with Crippen LogP contribution in [0.4, 0.5) is 0 Å². The number of carboxylic acid groups (broad SMARTS) is 1. The van der Waals surface area contributed by atoms with Crippen molar-refractivity contribution in [2.75, 3.05) is 0 Å². The molecule has 1 aliphatic carbocycles. The summed E-state index contributed by atoms with van der Waals surface area (Å²) in [6, 6.07) is 4.58. The largest absolute Gasteiger partial charge is 0.481 e. The Morgan fingerprint density at radius 2 is 2.00 bits per heavy atom. The summed E-state index contributed by atoms with van der Waals surface area (Å²) in [5, 5.41) is 9.65. The van der Waals surface area contributed by atoms with Crippen molar-refractivity contribution in [1.82, 2.24) is 0 Å². The number of rotatable bonds is 3. The van der Waals surface area contributed by atoms with Crippen LogP contribution < -0.4 is 0 Å². The molecule has 0 radical (unpaired) electrons. The van der Waals surface area contributed by atoms with Crippen molar-refractivity contribution in [3.63, 3.8) is 0 Å². The van der Waals surface area contributed by atoms with Crippen molar-refractivity contribution in [2.24, 2.45) is 11.3 Å². The van der Waals surface area contributed by atoms with E-state index in [1.807, 2.05) is 0 Å². The van der Waals surface area contributed by atoms with Crippen LogP contribution in [0.15, 0.2) is 18.2 Å². The summed E-state index contributed by atoms with van der Waals surface area (Å²) in [6.45, 7) is 1.58. The fraction of sp³-hybridized carbons (Fsp3) is 0.333. The molecule has 0 saturated heterocycles. The lowest BCUT2D eigenvalue weighted by Gasteiger charge is -2.05. The van der Waals surface area contributed by atoms with E-state index in [-0.39, 0.29) is 5.78 Å². The minimum atomic E-state index is -0.934. The highest BCUT2D eigenvalue weighted by Crippen LogP contribution is 2.53. The molecule has 0 aromatic heterocycles.